The molecule has 0 N–H and O–H groups in total. The number of rotatable bonds is 4. The van der Waals surface area contributed by atoms with Gasteiger partial charge in [0.05, 0.1) is 5.56 Å². The summed E-state index contributed by atoms with van der Waals surface area (Å²) in [5, 5.41) is 0. The molecule has 0 aliphatic carbocycles. The van der Waals surface area contributed by atoms with Crippen LogP contribution in [0.25, 0.3) is 0 Å². The SMILES string of the molecule is O=C(c1ccc(Oc2ccccc2)cc1)c1ccc(Br)cc1F. The number of para-hydroxylation sites is 1. The summed E-state index contributed by atoms with van der Waals surface area (Å²) in [6.07, 6.45) is 0. The van der Waals surface area contributed by atoms with E-state index in [9.17, 15) is 9.18 Å². The van der Waals surface area contributed by atoms with E-state index in [1.54, 1.807) is 30.3 Å². The Hall–Kier alpha value is -2.46. The lowest BCUT2D eigenvalue weighted by molar-refractivity contribution is 0.103. The van der Waals surface area contributed by atoms with Crippen molar-refractivity contribution in [3.05, 3.63) is 94.2 Å². The Bertz CT molecular complexity index is 830. The average molecular weight is 371 g/mol. The van der Waals surface area contributed by atoms with Gasteiger partial charge >= 0.3 is 0 Å². The van der Waals surface area contributed by atoms with Crippen LogP contribution in [-0.2, 0) is 0 Å². The minimum absolute atomic E-state index is 0.0462. The van der Waals surface area contributed by atoms with Gasteiger partial charge in [0.25, 0.3) is 0 Å². The van der Waals surface area contributed by atoms with Gasteiger partial charge in [-0.25, -0.2) is 4.39 Å². The molecule has 0 saturated heterocycles. The van der Waals surface area contributed by atoms with Crippen molar-refractivity contribution in [2.75, 3.05) is 0 Å². The third-order valence-corrected chi connectivity index (χ3v) is 3.76. The van der Waals surface area contributed by atoms with Crippen molar-refractivity contribution in [3.63, 3.8) is 0 Å². The van der Waals surface area contributed by atoms with Crippen LogP contribution in [0.1, 0.15) is 15.9 Å². The van der Waals surface area contributed by atoms with Gasteiger partial charge in [-0.2, -0.15) is 0 Å². The summed E-state index contributed by atoms with van der Waals surface area (Å²) in [5.41, 5.74) is 0.455. The zero-order valence-electron chi connectivity index (χ0n) is 12.0. The fourth-order valence-corrected chi connectivity index (χ4v) is 2.46. The van der Waals surface area contributed by atoms with Crippen LogP contribution in [0, 0.1) is 5.82 Å². The number of ketones is 1. The van der Waals surface area contributed by atoms with Crippen molar-refractivity contribution >= 4 is 21.7 Å². The van der Waals surface area contributed by atoms with Crippen molar-refractivity contribution in [1.29, 1.82) is 0 Å². The minimum Gasteiger partial charge on any atom is -0.457 e. The second-order valence-corrected chi connectivity index (χ2v) is 5.81. The van der Waals surface area contributed by atoms with Gasteiger partial charge in [0.1, 0.15) is 17.3 Å². The second kappa shape index (κ2) is 6.75. The van der Waals surface area contributed by atoms with E-state index < -0.39 is 5.82 Å². The Kier molecular flexibility index (Phi) is 4.53. The molecule has 0 radical (unpaired) electrons. The fourth-order valence-electron chi connectivity index (χ4n) is 2.13. The molecule has 2 nitrogen and oxygen atoms in total. The van der Waals surface area contributed by atoms with Crippen molar-refractivity contribution in [2.45, 2.75) is 0 Å². The predicted octanol–water partition coefficient (Wildman–Crippen LogP) is 5.61. The Labute approximate surface area is 141 Å². The number of ether oxygens (including phenoxy) is 1. The van der Waals surface area contributed by atoms with Gasteiger partial charge in [-0.1, -0.05) is 34.1 Å². The molecular formula is C19H12BrFO2. The van der Waals surface area contributed by atoms with Crippen LogP contribution in [0.4, 0.5) is 4.39 Å². The van der Waals surface area contributed by atoms with Gasteiger partial charge in [-0.05, 0) is 54.6 Å². The Morgan fingerprint density at radius 3 is 2.17 bits per heavy atom. The van der Waals surface area contributed by atoms with E-state index in [0.717, 1.165) is 0 Å². The molecular weight excluding hydrogens is 359 g/mol. The summed E-state index contributed by atoms with van der Waals surface area (Å²) < 4.78 is 20.1. The Morgan fingerprint density at radius 2 is 1.52 bits per heavy atom. The summed E-state index contributed by atoms with van der Waals surface area (Å²) in [7, 11) is 0. The smallest absolute Gasteiger partial charge is 0.195 e. The molecule has 0 unspecified atom stereocenters. The monoisotopic (exact) mass is 370 g/mol. The summed E-state index contributed by atoms with van der Waals surface area (Å²) >= 11 is 3.17. The van der Waals surface area contributed by atoms with E-state index >= 15 is 0 Å². The normalized spacial score (nSPS) is 10.3. The molecule has 3 aromatic carbocycles. The molecule has 0 atom stereocenters. The topological polar surface area (TPSA) is 26.3 Å². The van der Waals surface area contributed by atoms with E-state index in [1.165, 1.54) is 12.1 Å². The first-order valence-corrected chi connectivity index (χ1v) is 7.75. The average Bonchev–Trinajstić information content (AvgIpc) is 2.56. The molecule has 0 fully saturated rings. The highest BCUT2D eigenvalue weighted by atomic mass is 79.9. The standard InChI is InChI=1S/C19H12BrFO2/c20-14-8-11-17(18(21)12-14)19(22)13-6-9-16(10-7-13)23-15-4-2-1-3-5-15/h1-12H. The van der Waals surface area contributed by atoms with Crippen LogP contribution in [-0.4, -0.2) is 5.78 Å². The molecule has 3 aromatic rings. The van der Waals surface area contributed by atoms with E-state index in [4.69, 9.17) is 4.74 Å². The highest BCUT2D eigenvalue weighted by Crippen LogP contribution is 2.23. The van der Waals surface area contributed by atoms with Crippen molar-refractivity contribution in [2.24, 2.45) is 0 Å². The lowest BCUT2D eigenvalue weighted by Crippen LogP contribution is -2.04. The molecule has 0 heterocycles. The summed E-state index contributed by atoms with van der Waals surface area (Å²) in [5.74, 6) is 0.421. The number of carbonyl (C=O) groups excluding carboxylic acids is 1. The Balaban J connectivity index is 1.80. The Morgan fingerprint density at radius 1 is 0.870 bits per heavy atom. The number of benzene rings is 3. The van der Waals surface area contributed by atoms with Gasteiger partial charge in [0, 0.05) is 10.0 Å². The lowest BCUT2D eigenvalue weighted by Gasteiger charge is -2.07. The molecule has 0 aliphatic rings. The van der Waals surface area contributed by atoms with Gasteiger partial charge < -0.3 is 4.74 Å². The zero-order chi connectivity index (χ0) is 16.2. The molecule has 23 heavy (non-hydrogen) atoms. The third-order valence-electron chi connectivity index (χ3n) is 3.27. The summed E-state index contributed by atoms with van der Waals surface area (Å²) in [4.78, 5) is 12.4. The maximum atomic E-state index is 13.9. The largest absolute Gasteiger partial charge is 0.457 e. The van der Waals surface area contributed by atoms with E-state index in [0.29, 0.717) is 21.5 Å². The molecule has 0 saturated carbocycles. The number of hydrogen-bond acceptors (Lipinski definition) is 2. The molecule has 3 rings (SSSR count). The van der Waals surface area contributed by atoms with Gasteiger partial charge in [-0.15, -0.1) is 0 Å². The van der Waals surface area contributed by atoms with Crippen LogP contribution in [0.3, 0.4) is 0 Å². The van der Waals surface area contributed by atoms with Gasteiger partial charge in [0.2, 0.25) is 0 Å². The molecule has 0 spiro atoms. The van der Waals surface area contributed by atoms with E-state index in [-0.39, 0.29) is 11.3 Å². The van der Waals surface area contributed by atoms with E-state index in [1.807, 2.05) is 30.3 Å². The van der Waals surface area contributed by atoms with E-state index in [2.05, 4.69) is 15.9 Å². The molecule has 0 amide bonds. The minimum atomic E-state index is -0.547. The van der Waals surface area contributed by atoms with Crippen LogP contribution in [0.2, 0.25) is 0 Å². The van der Waals surface area contributed by atoms with Gasteiger partial charge in [0.15, 0.2) is 5.78 Å². The maximum Gasteiger partial charge on any atom is 0.195 e. The second-order valence-electron chi connectivity index (χ2n) is 4.89. The molecule has 0 aliphatic heterocycles. The quantitative estimate of drug-likeness (QED) is 0.557. The first kappa shape index (κ1) is 15.4. The number of hydrogen-bond donors (Lipinski definition) is 0. The van der Waals surface area contributed by atoms with Crippen molar-refractivity contribution in [1.82, 2.24) is 0 Å². The highest BCUT2D eigenvalue weighted by Gasteiger charge is 2.14. The highest BCUT2D eigenvalue weighted by molar-refractivity contribution is 9.10. The molecule has 0 aromatic heterocycles. The first-order valence-electron chi connectivity index (χ1n) is 6.96. The zero-order valence-corrected chi connectivity index (χ0v) is 13.6. The molecule has 0 bridgehead atoms. The van der Waals surface area contributed by atoms with Crippen LogP contribution in [0.15, 0.2) is 77.3 Å². The number of halogens is 2. The summed E-state index contributed by atoms with van der Waals surface area (Å²) in [6.45, 7) is 0. The van der Waals surface area contributed by atoms with Crippen LogP contribution < -0.4 is 4.74 Å². The lowest BCUT2D eigenvalue weighted by atomic mass is 10.0. The van der Waals surface area contributed by atoms with Crippen molar-refractivity contribution in [3.8, 4) is 11.5 Å². The maximum absolute atomic E-state index is 13.9. The van der Waals surface area contributed by atoms with Crippen molar-refractivity contribution < 1.29 is 13.9 Å². The molecule has 4 heteroatoms. The first-order chi connectivity index (χ1) is 11.1. The summed E-state index contributed by atoms with van der Waals surface area (Å²) in [6, 6.07) is 20.4. The van der Waals surface area contributed by atoms with Gasteiger partial charge in [-0.3, -0.25) is 4.79 Å². The van der Waals surface area contributed by atoms with Crippen LogP contribution >= 0.6 is 15.9 Å². The molecule has 114 valence electrons. The third kappa shape index (κ3) is 3.66. The predicted molar refractivity (Wildman–Crippen MR) is 90.5 cm³/mol. The van der Waals surface area contributed by atoms with Crippen LogP contribution in [0.5, 0.6) is 11.5 Å². The number of carbonyl (C=O) groups is 1. The fraction of sp³-hybridized carbons (Fsp3) is 0.